The molecule has 0 spiro atoms. The molecule has 0 saturated carbocycles. The normalized spacial score (nSPS) is 15.4. The lowest BCUT2D eigenvalue weighted by molar-refractivity contribution is -0.385. The molecule has 2 aromatic carbocycles. The molecule has 0 aromatic heterocycles. The first-order valence-corrected chi connectivity index (χ1v) is 6.23. The quantitative estimate of drug-likeness (QED) is 0.475. The second kappa shape index (κ2) is 4.74. The van der Waals surface area contributed by atoms with Gasteiger partial charge in [-0.1, -0.05) is 36.4 Å². The van der Waals surface area contributed by atoms with Crippen molar-refractivity contribution < 1.29 is 9.72 Å². The summed E-state index contributed by atoms with van der Waals surface area (Å²) in [5.74, 6) is -0.0428. The fraction of sp³-hybridized carbons (Fsp3) is 0.0625. The van der Waals surface area contributed by atoms with E-state index in [1.807, 2.05) is 18.2 Å². The summed E-state index contributed by atoms with van der Waals surface area (Å²) in [6.07, 6.45) is 2.15. The zero-order valence-corrected chi connectivity index (χ0v) is 10.6. The number of nitrogens with zero attached hydrogens (tertiary/aromatic N) is 1. The Morgan fingerprint density at radius 1 is 1.05 bits per heavy atom. The largest absolute Gasteiger partial charge is 0.289 e. The van der Waals surface area contributed by atoms with E-state index in [-0.39, 0.29) is 11.5 Å². The molecule has 0 amide bonds. The molecule has 20 heavy (non-hydrogen) atoms. The number of allylic oxidation sites excluding steroid dienone is 1. The zero-order chi connectivity index (χ0) is 14.1. The van der Waals surface area contributed by atoms with Gasteiger partial charge >= 0.3 is 0 Å². The molecule has 0 bridgehead atoms. The molecule has 1 aliphatic rings. The first kappa shape index (κ1) is 12.3. The van der Waals surface area contributed by atoms with Gasteiger partial charge in [-0.25, -0.2) is 0 Å². The Bertz CT molecular complexity index is 747. The van der Waals surface area contributed by atoms with Crippen LogP contribution in [0.5, 0.6) is 0 Å². The van der Waals surface area contributed by atoms with Gasteiger partial charge in [-0.15, -0.1) is 0 Å². The number of rotatable bonds is 2. The third-order valence-corrected chi connectivity index (χ3v) is 3.40. The van der Waals surface area contributed by atoms with Crippen LogP contribution < -0.4 is 0 Å². The van der Waals surface area contributed by atoms with E-state index in [2.05, 4.69) is 0 Å². The van der Waals surface area contributed by atoms with E-state index in [9.17, 15) is 14.9 Å². The molecule has 0 heterocycles. The Kier molecular flexibility index (Phi) is 2.91. The highest BCUT2D eigenvalue weighted by Gasteiger charge is 2.24. The van der Waals surface area contributed by atoms with Gasteiger partial charge in [0.2, 0.25) is 0 Å². The molecule has 0 aliphatic heterocycles. The number of Topliss-reactive ketones (excluding diaryl/α,β-unsaturated/α-hetero) is 1. The summed E-state index contributed by atoms with van der Waals surface area (Å²) < 4.78 is 0. The maximum atomic E-state index is 12.2. The van der Waals surface area contributed by atoms with Crippen LogP contribution in [0.15, 0.2) is 54.1 Å². The monoisotopic (exact) mass is 265 g/mol. The summed E-state index contributed by atoms with van der Waals surface area (Å²) in [5, 5.41) is 11.0. The van der Waals surface area contributed by atoms with Gasteiger partial charge in [0.25, 0.3) is 5.69 Å². The number of hydrogen-bond donors (Lipinski definition) is 0. The van der Waals surface area contributed by atoms with Crippen molar-refractivity contribution >= 4 is 17.5 Å². The number of carbonyl (C=O) groups excluding carboxylic acids is 1. The fourth-order valence-electron chi connectivity index (χ4n) is 2.43. The Hall–Kier alpha value is -2.75. The minimum Gasteiger partial charge on any atom is -0.289 e. The van der Waals surface area contributed by atoms with Crippen LogP contribution in [0.4, 0.5) is 5.69 Å². The van der Waals surface area contributed by atoms with E-state index in [1.165, 1.54) is 6.07 Å². The zero-order valence-electron chi connectivity index (χ0n) is 10.6. The smallest absolute Gasteiger partial charge is 0.276 e. The van der Waals surface area contributed by atoms with Crippen molar-refractivity contribution in [2.75, 3.05) is 0 Å². The van der Waals surface area contributed by atoms with Gasteiger partial charge < -0.3 is 0 Å². The number of hydrogen-bond acceptors (Lipinski definition) is 3. The van der Waals surface area contributed by atoms with Crippen LogP contribution in [0.3, 0.4) is 0 Å². The maximum absolute atomic E-state index is 12.2. The second-order valence-corrected chi connectivity index (χ2v) is 4.65. The molecule has 98 valence electrons. The Morgan fingerprint density at radius 3 is 2.50 bits per heavy atom. The lowest BCUT2D eigenvalue weighted by atomic mass is 10.1. The third kappa shape index (κ3) is 2.01. The number of ketones is 1. The highest BCUT2D eigenvalue weighted by Crippen LogP contribution is 2.29. The highest BCUT2D eigenvalue weighted by atomic mass is 16.6. The molecule has 0 atom stereocenters. The minimum atomic E-state index is -0.432. The van der Waals surface area contributed by atoms with Crippen LogP contribution in [0.2, 0.25) is 0 Å². The van der Waals surface area contributed by atoms with Crippen molar-refractivity contribution in [2.45, 2.75) is 6.42 Å². The molecule has 0 fully saturated rings. The van der Waals surface area contributed by atoms with Gasteiger partial charge in [0.15, 0.2) is 5.78 Å². The Labute approximate surface area is 115 Å². The molecule has 0 N–H and O–H groups in total. The van der Waals surface area contributed by atoms with Crippen LogP contribution >= 0.6 is 0 Å². The first-order chi connectivity index (χ1) is 9.66. The highest BCUT2D eigenvalue weighted by molar-refractivity contribution is 6.15. The van der Waals surface area contributed by atoms with Crippen molar-refractivity contribution in [3.05, 3.63) is 80.9 Å². The van der Waals surface area contributed by atoms with E-state index >= 15 is 0 Å². The summed E-state index contributed by atoms with van der Waals surface area (Å²) >= 11 is 0. The number of carbonyl (C=O) groups is 1. The van der Waals surface area contributed by atoms with Gasteiger partial charge in [-0.2, -0.15) is 0 Å². The van der Waals surface area contributed by atoms with Crippen LogP contribution in [-0.4, -0.2) is 10.7 Å². The molecule has 1 aliphatic carbocycles. The number of benzene rings is 2. The SMILES string of the molecule is O=C1/C(=C/c2ccccc2[N+](=O)[O-])Cc2ccccc21. The summed E-state index contributed by atoms with van der Waals surface area (Å²) in [7, 11) is 0. The summed E-state index contributed by atoms with van der Waals surface area (Å²) in [6.45, 7) is 0. The Morgan fingerprint density at radius 2 is 1.75 bits per heavy atom. The molecule has 0 radical (unpaired) electrons. The predicted molar refractivity (Wildman–Crippen MR) is 75.5 cm³/mol. The van der Waals surface area contributed by atoms with Gasteiger partial charge in [0, 0.05) is 23.6 Å². The van der Waals surface area contributed by atoms with E-state index in [1.54, 1.807) is 30.3 Å². The minimum absolute atomic E-state index is 0.0174. The number of nitro benzene ring substituents is 1. The van der Waals surface area contributed by atoms with Crippen molar-refractivity contribution in [3.63, 3.8) is 0 Å². The predicted octanol–water partition coefficient (Wildman–Crippen LogP) is 3.42. The number of fused-ring (bicyclic) bond motifs is 1. The molecule has 4 nitrogen and oxygen atoms in total. The van der Waals surface area contributed by atoms with Crippen LogP contribution in [0.1, 0.15) is 21.5 Å². The average molecular weight is 265 g/mol. The van der Waals surface area contributed by atoms with E-state index < -0.39 is 4.92 Å². The van der Waals surface area contributed by atoms with Crippen molar-refractivity contribution in [2.24, 2.45) is 0 Å². The summed E-state index contributed by atoms with van der Waals surface area (Å²) in [5.41, 5.74) is 2.75. The van der Waals surface area contributed by atoms with Crippen molar-refractivity contribution in [1.29, 1.82) is 0 Å². The molecular weight excluding hydrogens is 254 g/mol. The standard InChI is InChI=1S/C16H11NO3/c18-16-13(9-11-5-1-3-7-14(11)16)10-12-6-2-4-8-15(12)17(19)20/h1-8,10H,9H2/b13-10+. The van der Waals surface area contributed by atoms with Gasteiger partial charge in [0.1, 0.15) is 0 Å². The molecule has 2 aromatic rings. The van der Waals surface area contributed by atoms with E-state index in [4.69, 9.17) is 0 Å². The summed E-state index contributed by atoms with van der Waals surface area (Å²) in [6, 6.07) is 13.9. The van der Waals surface area contributed by atoms with Gasteiger partial charge in [-0.3, -0.25) is 14.9 Å². The lowest BCUT2D eigenvalue weighted by Crippen LogP contribution is -1.96. The first-order valence-electron chi connectivity index (χ1n) is 6.23. The maximum Gasteiger partial charge on any atom is 0.276 e. The summed E-state index contributed by atoms with van der Waals surface area (Å²) in [4.78, 5) is 22.8. The molecule has 3 rings (SSSR count). The van der Waals surface area contributed by atoms with Crippen LogP contribution in [0, 0.1) is 10.1 Å². The molecular formula is C16H11NO3. The van der Waals surface area contributed by atoms with E-state index in [0.717, 1.165) is 5.56 Å². The van der Waals surface area contributed by atoms with Crippen molar-refractivity contribution in [3.8, 4) is 0 Å². The van der Waals surface area contributed by atoms with Crippen LogP contribution in [0.25, 0.3) is 6.08 Å². The third-order valence-electron chi connectivity index (χ3n) is 3.40. The van der Waals surface area contributed by atoms with Crippen LogP contribution in [-0.2, 0) is 6.42 Å². The number of para-hydroxylation sites is 1. The van der Waals surface area contributed by atoms with Gasteiger partial charge in [0.05, 0.1) is 10.5 Å². The fourth-order valence-corrected chi connectivity index (χ4v) is 2.43. The Balaban J connectivity index is 2.04. The lowest BCUT2D eigenvalue weighted by Gasteiger charge is -1.98. The number of nitro groups is 1. The topological polar surface area (TPSA) is 60.2 Å². The second-order valence-electron chi connectivity index (χ2n) is 4.65. The average Bonchev–Trinajstić information content (AvgIpc) is 2.76. The molecule has 0 unspecified atom stereocenters. The van der Waals surface area contributed by atoms with Gasteiger partial charge in [-0.05, 0) is 17.7 Å². The molecule has 4 heteroatoms. The van der Waals surface area contributed by atoms with Crippen molar-refractivity contribution in [1.82, 2.24) is 0 Å². The van der Waals surface area contributed by atoms with E-state index in [0.29, 0.717) is 23.1 Å². The molecule has 0 saturated heterocycles.